The van der Waals surface area contributed by atoms with E-state index >= 15 is 0 Å². The Morgan fingerprint density at radius 1 is 0.786 bits per heavy atom. The summed E-state index contributed by atoms with van der Waals surface area (Å²) >= 11 is 0. The molecule has 78 valence electrons. The minimum absolute atomic E-state index is 0. The first-order valence-corrected chi connectivity index (χ1v) is 4.17. The van der Waals surface area contributed by atoms with Gasteiger partial charge in [0, 0.05) is 0 Å². The molecule has 9 nitrogen and oxygen atoms in total. The normalized spacial score (nSPS) is 9.57. The van der Waals surface area contributed by atoms with E-state index in [0.717, 1.165) is 0 Å². The Labute approximate surface area is 132 Å². The molecule has 14 heavy (non-hydrogen) atoms. The molecular formula is H5NNa2O8S3. The van der Waals surface area contributed by atoms with Crippen molar-refractivity contribution in [1.29, 1.82) is 0 Å². The van der Waals surface area contributed by atoms with Crippen molar-refractivity contribution in [3.8, 4) is 0 Å². The molecule has 0 rings (SSSR count). The van der Waals surface area contributed by atoms with Crippen LogP contribution in [0.5, 0.6) is 0 Å². The standard InChI is InChI=1S/H3N.2Na.H2O8S2.H2S/c;;;1-9(2,3)7-8-10(4,5)6;/h1H3;;;(H,1,2,3)(H,4,5,6);1H2/q;2*+1;;/p-2. The SMILES string of the molecule is N.O=S(=O)([O-])OOS(=O)(=O)[O-].S.[Na+].[Na+]. The maximum absolute atomic E-state index is 9.37. The maximum Gasteiger partial charge on any atom is 1.00 e. The van der Waals surface area contributed by atoms with Crippen molar-refractivity contribution >= 4 is 34.3 Å². The van der Waals surface area contributed by atoms with Crippen LogP contribution in [0.3, 0.4) is 0 Å². The van der Waals surface area contributed by atoms with Crippen LogP contribution in [0.15, 0.2) is 0 Å². The minimum atomic E-state index is -5.31. The van der Waals surface area contributed by atoms with Crippen LogP contribution < -0.4 is 65.3 Å². The Balaban J connectivity index is -0.0000000675. The van der Waals surface area contributed by atoms with Gasteiger partial charge in [0.25, 0.3) is 0 Å². The molecular weight excluding hydrogens is 284 g/mol. The largest absolute Gasteiger partial charge is 1.00 e. The molecule has 0 aliphatic heterocycles. The van der Waals surface area contributed by atoms with Crippen LogP contribution in [0.25, 0.3) is 0 Å². The smallest absolute Gasteiger partial charge is 0.724 e. The van der Waals surface area contributed by atoms with Crippen LogP contribution in [0.2, 0.25) is 0 Å². The summed E-state index contributed by atoms with van der Waals surface area (Å²) in [6.07, 6.45) is 0. The summed E-state index contributed by atoms with van der Waals surface area (Å²) in [5.41, 5.74) is 0. The summed E-state index contributed by atoms with van der Waals surface area (Å²) in [6, 6.07) is 0. The van der Waals surface area contributed by atoms with E-state index in [1.54, 1.807) is 0 Å². The van der Waals surface area contributed by atoms with Gasteiger partial charge in [0.1, 0.15) is 0 Å². The van der Waals surface area contributed by atoms with Gasteiger partial charge in [-0.15, -0.1) is 8.67 Å². The van der Waals surface area contributed by atoms with Crippen LogP contribution in [0, 0.1) is 0 Å². The molecule has 0 aromatic rings. The van der Waals surface area contributed by atoms with Crippen LogP contribution in [0.4, 0.5) is 0 Å². The average Bonchev–Trinajstić information content (AvgIpc) is 1.57. The van der Waals surface area contributed by atoms with E-state index in [2.05, 4.69) is 8.67 Å². The second-order valence-corrected chi connectivity index (χ2v) is 2.86. The quantitative estimate of drug-likeness (QED) is 0.174. The maximum atomic E-state index is 9.37. The van der Waals surface area contributed by atoms with Gasteiger partial charge >= 0.3 is 59.1 Å². The molecule has 0 saturated heterocycles. The predicted octanol–water partition coefficient (Wildman–Crippen LogP) is -7.86. The molecule has 0 unspecified atom stereocenters. The van der Waals surface area contributed by atoms with Gasteiger partial charge in [-0.2, -0.15) is 13.5 Å². The molecule has 0 aliphatic carbocycles. The Hall–Kier alpha value is 2.05. The summed E-state index contributed by atoms with van der Waals surface area (Å²) in [7, 11) is -10.6. The van der Waals surface area contributed by atoms with E-state index in [1.165, 1.54) is 0 Å². The third kappa shape index (κ3) is 29.2. The molecule has 0 spiro atoms. The summed E-state index contributed by atoms with van der Waals surface area (Å²) in [4.78, 5) is 0. The van der Waals surface area contributed by atoms with E-state index in [1.807, 2.05) is 0 Å². The number of rotatable bonds is 3. The number of hydrogen-bond acceptors (Lipinski definition) is 9. The molecule has 0 aromatic heterocycles. The minimum Gasteiger partial charge on any atom is -0.724 e. The first-order chi connectivity index (χ1) is 4.21. The van der Waals surface area contributed by atoms with Crippen molar-refractivity contribution in [3.63, 3.8) is 0 Å². The molecule has 0 radical (unpaired) electrons. The zero-order chi connectivity index (χ0) is 8.41. The van der Waals surface area contributed by atoms with Crippen molar-refractivity contribution in [1.82, 2.24) is 6.15 Å². The monoisotopic (exact) mass is 289 g/mol. The van der Waals surface area contributed by atoms with Crippen molar-refractivity contribution in [3.05, 3.63) is 0 Å². The fraction of sp³-hybridized carbons (Fsp3) is 0. The zero-order valence-electron chi connectivity index (χ0n) is 7.29. The average molecular weight is 289 g/mol. The van der Waals surface area contributed by atoms with Gasteiger partial charge in [-0.3, -0.25) is 0 Å². The van der Waals surface area contributed by atoms with E-state index in [-0.39, 0.29) is 78.8 Å². The van der Waals surface area contributed by atoms with Gasteiger partial charge < -0.3 is 15.3 Å². The first-order valence-electron chi connectivity index (χ1n) is 1.50. The van der Waals surface area contributed by atoms with Gasteiger partial charge in [0.2, 0.25) is 20.8 Å². The van der Waals surface area contributed by atoms with Crippen molar-refractivity contribution in [2.24, 2.45) is 0 Å². The van der Waals surface area contributed by atoms with Gasteiger partial charge in [-0.05, 0) is 0 Å². The van der Waals surface area contributed by atoms with E-state index in [0.29, 0.717) is 0 Å². The van der Waals surface area contributed by atoms with Crippen LogP contribution in [-0.4, -0.2) is 25.9 Å². The Kier molecular flexibility index (Phi) is 24.5. The summed E-state index contributed by atoms with van der Waals surface area (Å²) in [5.74, 6) is 0. The van der Waals surface area contributed by atoms with Gasteiger partial charge in [-0.1, -0.05) is 0 Å². The third-order valence-corrected chi connectivity index (χ3v) is 0.750. The first kappa shape index (κ1) is 29.8. The second kappa shape index (κ2) is 11.5. The Morgan fingerprint density at radius 2 is 0.929 bits per heavy atom. The van der Waals surface area contributed by atoms with Gasteiger partial charge in [0.15, 0.2) is 0 Å². The topological polar surface area (TPSA) is 168 Å². The van der Waals surface area contributed by atoms with E-state index < -0.39 is 20.8 Å². The summed E-state index contributed by atoms with van der Waals surface area (Å²) in [6.45, 7) is 0. The molecule has 0 aliphatic rings. The fourth-order valence-electron chi connectivity index (χ4n) is 0.0680. The van der Waals surface area contributed by atoms with Crippen molar-refractivity contribution in [2.45, 2.75) is 0 Å². The Morgan fingerprint density at radius 3 is 1.00 bits per heavy atom. The molecule has 0 heterocycles. The third-order valence-electron chi connectivity index (χ3n) is 0.194. The van der Waals surface area contributed by atoms with E-state index in [9.17, 15) is 25.9 Å². The van der Waals surface area contributed by atoms with Crippen LogP contribution >= 0.6 is 13.5 Å². The molecule has 0 saturated carbocycles. The predicted molar refractivity (Wildman–Crippen MR) is 37.0 cm³/mol. The molecule has 14 heteroatoms. The molecule has 0 aromatic carbocycles. The molecule has 3 N–H and O–H groups in total. The van der Waals surface area contributed by atoms with E-state index in [4.69, 9.17) is 0 Å². The fourth-order valence-corrected chi connectivity index (χ4v) is 0.612. The van der Waals surface area contributed by atoms with Crippen molar-refractivity contribution in [2.75, 3.05) is 0 Å². The van der Waals surface area contributed by atoms with Crippen molar-refractivity contribution < 1.29 is 93.7 Å². The summed E-state index contributed by atoms with van der Waals surface area (Å²) in [5, 5.41) is 0. The van der Waals surface area contributed by atoms with Gasteiger partial charge in [-0.25, -0.2) is 16.8 Å². The zero-order valence-corrected chi connectivity index (χ0v) is 13.9. The molecule has 0 bridgehead atoms. The number of hydrogen-bond donors (Lipinski definition) is 1. The second-order valence-electron chi connectivity index (χ2n) is 0.953. The van der Waals surface area contributed by atoms with Gasteiger partial charge in [0.05, 0.1) is 0 Å². The Bertz CT molecular complexity index is 259. The molecule has 0 amide bonds. The summed E-state index contributed by atoms with van der Waals surface area (Å²) < 4.78 is 61.5. The van der Waals surface area contributed by atoms with Crippen LogP contribution in [0.1, 0.15) is 0 Å². The van der Waals surface area contributed by atoms with Crippen LogP contribution in [-0.2, 0) is 29.5 Å². The molecule has 0 atom stereocenters. The molecule has 0 fully saturated rings.